The van der Waals surface area contributed by atoms with Crippen molar-refractivity contribution in [2.45, 2.75) is 6.18 Å². The fraction of sp³-hybridized carbons (Fsp3) is 0.333. The lowest BCUT2D eigenvalue weighted by molar-refractivity contribution is -0.137. The summed E-state index contributed by atoms with van der Waals surface area (Å²) in [5.41, 5.74) is -0.591. The molecule has 1 aromatic heterocycles. The van der Waals surface area contributed by atoms with E-state index >= 15 is 0 Å². The zero-order valence-electron chi connectivity index (χ0n) is 15.1. The van der Waals surface area contributed by atoms with Crippen molar-refractivity contribution in [3.05, 3.63) is 48.0 Å². The second-order valence-corrected chi connectivity index (χ2v) is 6.04. The number of esters is 1. The van der Waals surface area contributed by atoms with Gasteiger partial charge in [-0.1, -0.05) is 0 Å². The molecule has 29 heavy (non-hydrogen) atoms. The third-order valence-corrected chi connectivity index (χ3v) is 4.06. The van der Waals surface area contributed by atoms with E-state index < -0.39 is 30.2 Å². The number of aromatic nitrogens is 2. The molecule has 1 amide bonds. The summed E-state index contributed by atoms with van der Waals surface area (Å²) in [6.07, 6.45) is -0.747. The van der Waals surface area contributed by atoms with Crippen molar-refractivity contribution in [1.82, 2.24) is 9.97 Å². The van der Waals surface area contributed by atoms with Gasteiger partial charge in [-0.25, -0.2) is 9.78 Å². The molecule has 1 aromatic carbocycles. The maximum atomic E-state index is 13.1. The summed E-state index contributed by atoms with van der Waals surface area (Å²) in [4.78, 5) is 33.3. The first kappa shape index (κ1) is 20.5. The summed E-state index contributed by atoms with van der Waals surface area (Å²) in [6.45, 7) is 1.09. The molecule has 8 nitrogen and oxygen atoms in total. The molecule has 154 valence electrons. The SMILES string of the molecule is O=C(COC(=O)c1cnccn1)Nc1cc(C(F)(F)F)ccc1N1CCOCC1. The number of hydrogen-bond acceptors (Lipinski definition) is 7. The quantitative estimate of drug-likeness (QED) is 0.755. The first-order chi connectivity index (χ1) is 13.8. The molecule has 1 aliphatic heterocycles. The number of halogens is 3. The van der Waals surface area contributed by atoms with Gasteiger partial charge in [-0.05, 0) is 18.2 Å². The molecular formula is C18H17F3N4O4. The minimum atomic E-state index is -4.57. The van der Waals surface area contributed by atoms with Gasteiger partial charge in [0.05, 0.1) is 36.3 Å². The van der Waals surface area contributed by atoms with Crippen LogP contribution in [-0.4, -0.2) is 54.8 Å². The summed E-state index contributed by atoms with van der Waals surface area (Å²) in [7, 11) is 0. The topological polar surface area (TPSA) is 93.7 Å². The van der Waals surface area contributed by atoms with Crippen molar-refractivity contribution < 1.29 is 32.2 Å². The predicted molar refractivity (Wildman–Crippen MR) is 95.4 cm³/mol. The van der Waals surface area contributed by atoms with Crippen LogP contribution in [0.5, 0.6) is 0 Å². The van der Waals surface area contributed by atoms with Crippen molar-refractivity contribution >= 4 is 23.3 Å². The molecule has 0 radical (unpaired) electrons. The third-order valence-electron chi connectivity index (χ3n) is 4.06. The highest BCUT2D eigenvalue weighted by molar-refractivity contribution is 5.97. The minimum absolute atomic E-state index is 0.0257. The number of hydrogen-bond donors (Lipinski definition) is 1. The third kappa shape index (κ3) is 5.41. The first-order valence-corrected chi connectivity index (χ1v) is 8.61. The van der Waals surface area contributed by atoms with E-state index in [1.54, 1.807) is 0 Å². The molecule has 11 heteroatoms. The Bertz CT molecular complexity index is 871. The molecule has 0 bridgehead atoms. The monoisotopic (exact) mass is 410 g/mol. The Morgan fingerprint density at radius 2 is 1.97 bits per heavy atom. The van der Waals surface area contributed by atoms with Crippen LogP contribution in [0.15, 0.2) is 36.8 Å². The smallest absolute Gasteiger partial charge is 0.416 e. The van der Waals surface area contributed by atoms with Gasteiger partial charge < -0.3 is 19.7 Å². The number of alkyl halides is 3. The fourth-order valence-corrected chi connectivity index (χ4v) is 2.69. The van der Waals surface area contributed by atoms with Crippen molar-refractivity contribution in [2.24, 2.45) is 0 Å². The van der Waals surface area contributed by atoms with Crippen LogP contribution in [-0.2, 0) is 20.4 Å². The van der Waals surface area contributed by atoms with E-state index in [0.717, 1.165) is 12.1 Å². The molecule has 0 atom stereocenters. The molecule has 0 saturated carbocycles. The van der Waals surface area contributed by atoms with Gasteiger partial charge in [0, 0.05) is 25.5 Å². The Kier molecular flexibility index (Phi) is 6.27. The second-order valence-electron chi connectivity index (χ2n) is 6.04. The van der Waals surface area contributed by atoms with Gasteiger partial charge in [0.2, 0.25) is 0 Å². The number of nitrogens with one attached hydrogen (secondary N) is 1. The standard InChI is InChI=1S/C18H17F3N4O4/c19-18(20,21)12-1-2-15(25-5-7-28-8-6-25)13(9-12)24-16(26)11-29-17(27)14-10-22-3-4-23-14/h1-4,9-10H,5-8,11H2,(H,24,26). The van der Waals surface area contributed by atoms with Crippen molar-refractivity contribution in [2.75, 3.05) is 43.1 Å². The highest BCUT2D eigenvalue weighted by atomic mass is 19.4. The van der Waals surface area contributed by atoms with E-state index in [-0.39, 0.29) is 11.4 Å². The molecule has 1 N–H and O–H groups in total. The van der Waals surface area contributed by atoms with Crippen LogP contribution < -0.4 is 10.2 Å². The number of carbonyl (C=O) groups is 2. The van der Waals surface area contributed by atoms with Crippen molar-refractivity contribution in [3.8, 4) is 0 Å². The summed E-state index contributed by atoms with van der Waals surface area (Å²) < 4.78 is 49.4. The molecule has 1 saturated heterocycles. The van der Waals surface area contributed by atoms with E-state index in [1.807, 2.05) is 4.90 Å². The predicted octanol–water partition coefficient (Wildman–Crippen LogP) is 2.13. The molecular weight excluding hydrogens is 393 g/mol. The number of benzene rings is 1. The van der Waals surface area contributed by atoms with Crippen LogP contribution in [0.25, 0.3) is 0 Å². The lowest BCUT2D eigenvalue weighted by Gasteiger charge is -2.31. The van der Waals surface area contributed by atoms with E-state index in [1.165, 1.54) is 24.7 Å². The van der Waals surface area contributed by atoms with E-state index in [9.17, 15) is 22.8 Å². The van der Waals surface area contributed by atoms with Crippen molar-refractivity contribution in [1.29, 1.82) is 0 Å². The van der Waals surface area contributed by atoms with Crippen LogP contribution in [0.3, 0.4) is 0 Å². The largest absolute Gasteiger partial charge is 0.451 e. The normalized spacial score (nSPS) is 14.4. The van der Waals surface area contributed by atoms with Gasteiger partial charge in [-0.15, -0.1) is 0 Å². The maximum absolute atomic E-state index is 13.1. The molecule has 0 aliphatic carbocycles. The zero-order chi connectivity index (χ0) is 20.9. The Hall–Kier alpha value is -3.21. The zero-order valence-corrected chi connectivity index (χ0v) is 15.1. The highest BCUT2D eigenvalue weighted by Gasteiger charge is 2.32. The van der Waals surface area contributed by atoms with Gasteiger partial charge >= 0.3 is 12.1 Å². The Labute approximate surface area is 163 Å². The van der Waals surface area contributed by atoms with E-state index in [4.69, 9.17) is 9.47 Å². The molecule has 2 aromatic rings. The highest BCUT2D eigenvalue weighted by Crippen LogP contribution is 2.35. The van der Waals surface area contributed by atoms with E-state index in [0.29, 0.717) is 32.0 Å². The fourth-order valence-electron chi connectivity index (χ4n) is 2.69. The van der Waals surface area contributed by atoms with E-state index in [2.05, 4.69) is 15.3 Å². The van der Waals surface area contributed by atoms with Gasteiger partial charge in [0.15, 0.2) is 12.3 Å². The molecule has 2 heterocycles. The number of ether oxygens (including phenoxy) is 2. The summed E-state index contributed by atoms with van der Waals surface area (Å²) in [5.74, 6) is -1.65. The molecule has 3 rings (SSSR count). The number of morpholine rings is 1. The number of rotatable bonds is 5. The van der Waals surface area contributed by atoms with Gasteiger partial charge in [-0.2, -0.15) is 13.2 Å². The van der Waals surface area contributed by atoms with Crippen LogP contribution >= 0.6 is 0 Å². The lowest BCUT2D eigenvalue weighted by Crippen LogP contribution is -2.37. The minimum Gasteiger partial charge on any atom is -0.451 e. The molecule has 0 spiro atoms. The second kappa shape index (κ2) is 8.86. The lowest BCUT2D eigenvalue weighted by atomic mass is 10.1. The maximum Gasteiger partial charge on any atom is 0.416 e. The van der Waals surface area contributed by atoms with Gasteiger partial charge in [0.25, 0.3) is 5.91 Å². The number of anilines is 2. The molecule has 0 unspecified atom stereocenters. The summed E-state index contributed by atoms with van der Waals surface area (Å²) in [6, 6.07) is 3.11. The van der Waals surface area contributed by atoms with Crippen LogP contribution in [0.2, 0.25) is 0 Å². The number of nitrogens with zero attached hydrogens (tertiary/aromatic N) is 3. The van der Waals surface area contributed by atoms with Crippen molar-refractivity contribution in [3.63, 3.8) is 0 Å². The van der Waals surface area contributed by atoms with Crippen LogP contribution in [0.1, 0.15) is 16.1 Å². The van der Waals surface area contributed by atoms with Crippen LogP contribution in [0.4, 0.5) is 24.5 Å². The Morgan fingerprint density at radius 1 is 1.21 bits per heavy atom. The summed E-state index contributed by atoms with van der Waals surface area (Å²) >= 11 is 0. The average Bonchev–Trinajstić information content (AvgIpc) is 2.72. The number of carbonyl (C=O) groups excluding carboxylic acids is 2. The van der Waals surface area contributed by atoms with Gasteiger partial charge in [-0.3, -0.25) is 9.78 Å². The number of amides is 1. The molecule has 1 fully saturated rings. The Balaban J connectivity index is 1.73. The average molecular weight is 410 g/mol. The molecule has 1 aliphatic rings. The summed E-state index contributed by atoms with van der Waals surface area (Å²) in [5, 5.41) is 2.39. The Morgan fingerprint density at radius 3 is 2.62 bits per heavy atom. The first-order valence-electron chi connectivity index (χ1n) is 8.61. The van der Waals surface area contributed by atoms with Crippen LogP contribution in [0, 0.1) is 0 Å². The van der Waals surface area contributed by atoms with Gasteiger partial charge in [0.1, 0.15) is 0 Å².